The van der Waals surface area contributed by atoms with Gasteiger partial charge in [0.25, 0.3) is 11.5 Å². The summed E-state index contributed by atoms with van der Waals surface area (Å²) in [5.74, 6) is -0.792. The molecule has 1 aromatic rings. The summed E-state index contributed by atoms with van der Waals surface area (Å²) in [6.45, 7) is 0. The molecular formula is C9H8BrN3O3. The van der Waals surface area contributed by atoms with Crippen molar-refractivity contribution in [3.05, 3.63) is 27.1 Å². The lowest BCUT2D eigenvalue weighted by Crippen LogP contribution is -2.45. The number of aromatic nitrogens is 2. The lowest BCUT2D eigenvalue weighted by Gasteiger charge is -2.21. The Morgan fingerprint density at radius 3 is 2.81 bits per heavy atom. The number of nitrogens with one attached hydrogen (secondary N) is 1. The molecule has 7 heteroatoms. The zero-order chi connectivity index (χ0) is 11.7. The van der Waals surface area contributed by atoms with E-state index in [0.29, 0.717) is 10.9 Å². The fraction of sp³-hybridized carbons (Fsp3) is 0.333. The van der Waals surface area contributed by atoms with E-state index in [1.165, 1.54) is 12.3 Å². The van der Waals surface area contributed by atoms with Crippen LogP contribution in [-0.2, 0) is 9.59 Å². The normalized spacial score (nSPS) is 20.7. The van der Waals surface area contributed by atoms with Crippen molar-refractivity contribution in [2.75, 3.05) is 0 Å². The van der Waals surface area contributed by atoms with Crippen molar-refractivity contribution in [2.45, 2.75) is 18.9 Å². The van der Waals surface area contributed by atoms with Crippen LogP contribution in [0.4, 0.5) is 0 Å². The molecule has 2 amide bonds. The highest BCUT2D eigenvalue weighted by Crippen LogP contribution is 2.15. The molecule has 1 unspecified atom stereocenters. The van der Waals surface area contributed by atoms with Crippen LogP contribution in [0.3, 0.4) is 0 Å². The molecule has 0 aliphatic carbocycles. The number of halogens is 1. The second kappa shape index (κ2) is 4.17. The second-order valence-corrected chi connectivity index (χ2v) is 4.34. The number of nitrogens with zero attached hydrogens (tertiary/aromatic N) is 2. The van der Waals surface area contributed by atoms with E-state index in [1.54, 1.807) is 0 Å². The Bertz CT molecular complexity index is 511. The number of amides is 2. The van der Waals surface area contributed by atoms with Crippen LogP contribution >= 0.6 is 15.9 Å². The number of carbonyl (C=O) groups excluding carboxylic acids is 2. The lowest BCUT2D eigenvalue weighted by molar-refractivity contribution is -0.136. The molecule has 1 fully saturated rings. The van der Waals surface area contributed by atoms with Gasteiger partial charge in [-0.15, -0.1) is 0 Å². The van der Waals surface area contributed by atoms with Crippen LogP contribution in [0.25, 0.3) is 0 Å². The Kier molecular flexibility index (Phi) is 2.86. The third kappa shape index (κ3) is 2.04. The van der Waals surface area contributed by atoms with E-state index in [0.717, 1.165) is 4.68 Å². The van der Waals surface area contributed by atoms with Gasteiger partial charge in [-0.1, -0.05) is 0 Å². The molecule has 1 saturated heterocycles. The third-order valence-electron chi connectivity index (χ3n) is 2.30. The maximum atomic E-state index is 11.6. The first-order chi connectivity index (χ1) is 7.58. The summed E-state index contributed by atoms with van der Waals surface area (Å²) >= 11 is 3.11. The highest BCUT2D eigenvalue weighted by molar-refractivity contribution is 9.10. The van der Waals surface area contributed by atoms with E-state index >= 15 is 0 Å². The van der Waals surface area contributed by atoms with E-state index in [1.807, 2.05) is 0 Å². The topological polar surface area (TPSA) is 81.1 Å². The van der Waals surface area contributed by atoms with Gasteiger partial charge in [0.1, 0.15) is 6.04 Å². The average molecular weight is 286 g/mol. The Hall–Kier alpha value is -1.50. The SMILES string of the molecule is O=C1CCC(n2ncc(Br)cc2=O)C(=O)N1. The van der Waals surface area contributed by atoms with Crippen LogP contribution in [0.5, 0.6) is 0 Å². The second-order valence-electron chi connectivity index (χ2n) is 3.42. The van der Waals surface area contributed by atoms with Crippen molar-refractivity contribution < 1.29 is 9.59 Å². The van der Waals surface area contributed by atoms with E-state index in [4.69, 9.17) is 0 Å². The lowest BCUT2D eigenvalue weighted by atomic mass is 10.1. The Morgan fingerprint density at radius 1 is 1.44 bits per heavy atom. The Balaban J connectivity index is 2.34. The number of piperidine rings is 1. The first-order valence-electron chi connectivity index (χ1n) is 4.66. The van der Waals surface area contributed by atoms with Crippen LogP contribution in [-0.4, -0.2) is 21.6 Å². The molecule has 1 aromatic heterocycles. The van der Waals surface area contributed by atoms with Crippen LogP contribution in [0.2, 0.25) is 0 Å². The Morgan fingerprint density at radius 2 is 2.19 bits per heavy atom. The minimum absolute atomic E-state index is 0.223. The maximum Gasteiger partial charge on any atom is 0.268 e. The van der Waals surface area contributed by atoms with Gasteiger partial charge in [0.05, 0.1) is 6.20 Å². The van der Waals surface area contributed by atoms with Gasteiger partial charge in [-0.3, -0.25) is 19.7 Å². The van der Waals surface area contributed by atoms with Gasteiger partial charge in [0.2, 0.25) is 5.91 Å². The smallest absolute Gasteiger partial charge is 0.268 e. The fourth-order valence-corrected chi connectivity index (χ4v) is 1.83. The first-order valence-corrected chi connectivity index (χ1v) is 5.45. The minimum Gasteiger partial charge on any atom is -0.295 e. The van der Waals surface area contributed by atoms with Gasteiger partial charge in [0, 0.05) is 17.0 Å². The van der Waals surface area contributed by atoms with Gasteiger partial charge in [-0.2, -0.15) is 5.10 Å². The summed E-state index contributed by atoms with van der Waals surface area (Å²) in [4.78, 5) is 34.0. The zero-order valence-corrected chi connectivity index (χ0v) is 9.73. The van der Waals surface area contributed by atoms with E-state index in [2.05, 4.69) is 26.3 Å². The summed E-state index contributed by atoms with van der Waals surface area (Å²) in [5, 5.41) is 6.04. The molecule has 1 N–H and O–H groups in total. The monoisotopic (exact) mass is 285 g/mol. The zero-order valence-electron chi connectivity index (χ0n) is 8.14. The van der Waals surface area contributed by atoms with Gasteiger partial charge in [0.15, 0.2) is 0 Å². The molecular weight excluding hydrogens is 278 g/mol. The molecule has 1 atom stereocenters. The van der Waals surface area contributed by atoms with Gasteiger partial charge in [-0.25, -0.2) is 4.68 Å². The summed E-state index contributed by atoms with van der Waals surface area (Å²) in [6.07, 6.45) is 1.96. The van der Waals surface area contributed by atoms with Crippen molar-refractivity contribution >= 4 is 27.7 Å². The molecule has 2 heterocycles. The molecule has 0 saturated carbocycles. The Labute approximate surface area is 98.8 Å². The van der Waals surface area contributed by atoms with Crippen molar-refractivity contribution in [3.8, 4) is 0 Å². The number of imide groups is 1. The highest BCUT2D eigenvalue weighted by Gasteiger charge is 2.29. The third-order valence-corrected chi connectivity index (χ3v) is 2.73. The number of hydrogen-bond donors (Lipinski definition) is 1. The molecule has 2 rings (SSSR count). The minimum atomic E-state index is -0.696. The van der Waals surface area contributed by atoms with E-state index in [-0.39, 0.29) is 17.9 Å². The molecule has 1 aliphatic rings. The van der Waals surface area contributed by atoms with E-state index in [9.17, 15) is 14.4 Å². The average Bonchev–Trinajstić information content (AvgIpc) is 2.19. The summed E-state index contributed by atoms with van der Waals surface area (Å²) in [7, 11) is 0. The van der Waals surface area contributed by atoms with Crippen molar-refractivity contribution in [1.29, 1.82) is 0 Å². The summed E-state index contributed by atoms with van der Waals surface area (Å²) in [5.41, 5.74) is -0.371. The summed E-state index contributed by atoms with van der Waals surface area (Å²) < 4.78 is 1.65. The molecule has 16 heavy (non-hydrogen) atoms. The summed E-state index contributed by atoms with van der Waals surface area (Å²) in [6, 6.07) is 0.634. The molecule has 0 aromatic carbocycles. The largest absolute Gasteiger partial charge is 0.295 e. The number of rotatable bonds is 1. The number of carbonyl (C=O) groups is 2. The quantitative estimate of drug-likeness (QED) is 0.736. The van der Waals surface area contributed by atoms with Gasteiger partial charge >= 0.3 is 0 Å². The van der Waals surface area contributed by atoms with E-state index < -0.39 is 11.9 Å². The predicted molar refractivity (Wildman–Crippen MR) is 57.6 cm³/mol. The van der Waals surface area contributed by atoms with Crippen LogP contribution < -0.4 is 10.9 Å². The van der Waals surface area contributed by atoms with Gasteiger partial charge < -0.3 is 0 Å². The maximum absolute atomic E-state index is 11.6. The molecule has 0 radical (unpaired) electrons. The van der Waals surface area contributed by atoms with Crippen molar-refractivity contribution in [1.82, 2.24) is 15.1 Å². The van der Waals surface area contributed by atoms with Crippen LogP contribution in [0, 0.1) is 0 Å². The molecule has 0 bridgehead atoms. The van der Waals surface area contributed by atoms with Crippen molar-refractivity contribution in [2.24, 2.45) is 0 Å². The first kappa shape index (κ1) is 11.0. The van der Waals surface area contributed by atoms with Crippen molar-refractivity contribution in [3.63, 3.8) is 0 Å². The molecule has 84 valence electrons. The van der Waals surface area contributed by atoms with Crippen LogP contribution in [0.1, 0.15) is 18.9 Å². The highest BCUT2D eigenvalue weighted by atomic mass is 79.9. The fourth-order valence-electron chi connectivity index (χ4n) is 1.55. The molecule has 1 aliphatic heterocycles. The predicted octanol–water partition coefficient (Wildman–Crippen LogP) is -0.0165. The number of hydrogen-bond acceptors (Lipinski definition) is 4. The van der Waals surface area contributed by atoms with Gasteiger partial charge in [-0.05, 0) is 22.4 Å². The molecule has 0 spiro atoms. The van der Waals surface area contributed by atoms with Crippen LogP contribution in [0.15, 0.2) is 21.5 Å². The standard InChI is InChI=1S/C9H8BrN3O3/c10-5-3-8(15)13(11-4-5)6-1-2-7(14)12-9(6)16/h3-4,6H,1-2H2,(H,12,14,16). The molecule has 6 nitrogen and oxygen atoms in total.